The summed E-state index contributed by atoms with van der Waals surface area (Å²) in [6.07, 6.45) is 0. The summed E-state index contributed by atoms with van der Waals surface area (Å²) in [7, 11) is 0. The molecule has 5 nitrogen and oxygen atoms in total. The zero-order valence-electron chi connectivity index (χ0n) is 10.6. The molecule has 2 aromatic rings. The molecule has 0 unspecified atom stereocenters. The molecular formula is C13H11ClN2O3S. The van der Waals surface area contributed by atoms with Gasteiger partial charge in [-0.15, -0.1) is 11.3 Å². The van der Waals surface area contributed by atoms with Crippen LogP contribution in [0.4, 0.5) is 5.69 Å². The van der Waals surface area contributed by atoms with Gasteiger partial charge in [0.2, 0.25) is 0 Å². The number of hydrogen-bond acceptors (Lipinski definition) is 4. The Morgan fingerprint density at radius 2 is 2.15 bits per heavy atom. The van der Waals surface area contributed by atoms with Crippen molar-refractivity contribution in [2.24, 2.45) is 0 Å². The number of benzene rings is 1. The molecule has 2 rings (SSSR count). The molecule has 1 heterocycles. The van der Waals surface area contributed by atoms with Gasteiger partial charge >= 0.3 is 0 Å². The van der Waals surface area contributed by atoms with Crippen LogP contribution >= 0.6 is 22.9 Å². The highest BCUT2D eigenvalue weighted by Gasteiger charge is 2.20. The summed E-state index contributed by atoms with van der Waals surface area (Å²) in [5.41, 5.74) is -0.287. The summed E-state index contributed by atoms with van der Waals surface area (Å²) in [4.78, 5) is 24.5. The predicted molar refractivity (Wildman–Crippen MR) is 78.3 cm³/mol. The minimum atomic E-state index is -0.597. The molecule has 0 spiro atoms. The van der Waals surface area contributed by atoms with Crippen molar-refractivity contribution in [3.8, 4) is 0 Å². The average molecular weight is 311 g/mol. The van der Waals surface area contributed by atoms with Crippen LogP contribution in [0.5, 0.6) is 0 Å². The summed E-state index contributed by atoms with van der Waals surface area (Å²) in [6, 6.07) is 7.78. The molecular weight excluding hydrogens is 300 g/mol. The lowest BCUT2D eigenvalue weighted by Crippen LogP contribution is -2.23. The molecule has 104 valence electrons. The van der Waals surface area contributed by atoms with Crippen LogP contribution in [0, 0.1) is 17.0 Å². The Balaban J connectivity index is 2.16. The van der Waals surface area contributed by atoms with Crippen molar-refractivity contribution in [2.75, 3.05) is 0 Å². The number of halogens is 1. The predicted octanol–water partition coefficient (Wildman–Crippen LogP) is 3.55. The van der Waals surface area contributed by atoms with Gasteiger partial charge in [-0.25, -0.2) is 0 Å². The molecule has 0 saturated carbocycles. The van der Waals surface area contributed by atoms with Crippen LogP contribution in [-0.4, -0.2) is 10.8 Å². The first-order valence-corrected chi connectivity index (χ1v) is 6.94. The molecule has 1 amide bonds. The maximum absolute atomic E-state index is 12.0. The monoisotopic (exact) mass is 310 g/mol. The van der Waals surface area contributed by atoms with Crippen LogP contribution in [0.25, 0.3) is 0 Å². The van der Waals surface area contributed by atoms with E-state index in [9.17, 15) is 14.9 Å². The van der Waals surface area contributed by atoms with Gasteiger partial charge in [0.05, 0.1) is 11.5 Å². The smallest absolute Gasteiger partial charge is 0.282 e. The molecule has 0 aliphatic rings. The normalized spacial score (nSPS) is 10.3. The van der Waals surface area contributed by atoms with Gasteiger partial charge in [-0.3, -0.25) is 14.9 Å². The van der Waals surface area contributed by atoms with E-state index in [2.05, 4.69) is 5.32 Å². The van der Waals surface area contributed by atoms with Crippen LogP contribution in [0.15, 0.2) is 30.3 Å². The lowest BCUT2D eigenvalue weighted by atomic mass is 10.1. The van der Waals surface area contributed by atoms with E-state index in [0.29, 0.717) is 6.54 Å². The summed E-state index contributed by atoms with van der Waals surface area (Å²) < 4.78 is 0. The Bertz CT molecular complexity index is 669. The van der Waals surface area contributed by atoms with Crippen LogP contribution in [0.3, 0.4) is 0 Å². The van der Waals surface area contributed by atoms with E-state index in [0.717, 1.165) is 9.75 Å². The number of rotatable bonds is 4. The molecule has 1 aromatic heterocycles. The number of thiophene rings is 1. The van der Waals surface area contributed by atoms with Gasteiger partial charge in [0, 0.05) is 20.8 Å². The Hall–Kier alpha value is -1.92. The van der Waals surface area contributed by atoms with E-state index >= 15 is 0 Å². The third kappa shape index (κ3) is 3.34. The molecule has 0 aliphatic heterocycles. The van der Waals surface area contributed by atoms with Crippen molar-refractivity contribution in [1.29, 1.82) is 0 Å². The van der Waals surface area contributed by atoms with Crippen molar-refractivity contribution in [3.63, 3.8) is 0 Å². The minimum Gasteiger partial charge on any atom is -0.347 e. The van der Waals surface area contributed by atoms with E-state index in [-0.39, 0.29) is 16.3 Å². The highest BCUT2D eigenvalue weighted by Crippen LogP contribution is 2.23. The van der Waals surface area contributed by atoms with E-state index in [1.807, 2.05) is 19.1 Å². The van der Waals surface area contributed by atoms with Gasteiger partial charge in [-0.05, 0) is 31.2 Å². The van der Waals surface area contributed by atoms with Crippen molar-refractivity contribution in [3.05, 3.63) is 60.8 Å². The second kappa shape index (κ2) is 6.02. The lowest BCUT2D eigenvalue weighted by Gasteiger charge is -2.05. The summed E-state index contributed by atoms with van der Waals surface area (Å²) >= 11 is 7.35. The number of nitro benzene ring substituents is 1. The Labute approximate surface area is 124 Å². The third-order valence-electron chi connectivity index (χ3n) is 2.62. The number of amides is 1. The molecule has 0 bridgehead atoms. The van der Waals surface area contributed by atoms with Crippen molar-refractivity contribution >= 4 is 34.5 Å². The standard InChI is InChI=1S/C13H11ClN2O3S/c1-8-2-4-10(20-8)7-15-13(17)11-6-9(14)3-5-12(11)16(18)19/h2-6H,7H2,1H3,(H,15,17). The number of nitro groups is 1. The van der Waals surface area contributed by atoms with E-state index < -0.39 is 10.8 Å². The van der Waals surface area contributed by atoms with Gasteiger partial charge < -0.3 is 5.32 Å². The largest absolute Gasteiger partial charge is 0.347 e. The molecule has 0 radical (unpaired) electrons. The van der Waals surface area contributed by atoms with Crippen LogP contribution < -0.4 is 5.32 Å². The number of carbonyl (C=O) groups is 1. The molecule has 0 saturated heterocycles. The topological polar surface area (TPSA) is 72.2 Å². The number of nitrogens with zero attached hydrogens (tertiary/aromatic N) is 1. The first-order chi connectivity index (χ1) is 9.47. The first kappa shape index (κ1) is 14.5. The molecule has 0 fully saturated rings. The number of aryl methyl sites for hydroxylation is 1. The maximum atomic E-state index is 12.0. The summed E-state index contributed by atoms with van der Waals surface area (Å²) in [5.74, 6) is -0.509. The average Bonchev–Trinajstić information content (AvgIpc) is 2.81. The van der Waals surface area contributed by atoms with Gasteiger partial charge in [0.25, 0.3) is 11.6 Å². The molecule has 0 atom stereocenters. The highest BCUT2D eigenvalue weighted by atomic mass is 35.5. The Morgan fingerprint density at radius 1 is 1.40 bits per heavy atom. The van der Waals surface area contributed by atoms with Crippen LogP contribution in [-0.2, 0) is 6.54 Å². The van der Waals surface area contributed by atoms with Crippen molar-refractivity contribution < 1.29 is 9.72 Å². The van der Waals surface area contributed by atoms with Crippen molar-refractivity contribution in [1.82, 2.24) is 5.32 Å². The summed E-state index contributed by atoms with van der Waals surface area (Å²) in [6.45, 7) is 2.30. The summed E-state index contributed by atoms with van der Waals surface area (Å²) in [5, 5.41) is 13.8. The fourth-order valence-corrected chi connectivity index (χ4v) is 2.69. The maximum Gasteiger partial charge on any atom is 0.282 e. The fraction of sp³-hybridized carbons (Fsp3) is 0.154. The van der Waals surface area contributed by atoms with E-state index in [4.69, 9.17) is 11.6 Å². The fourth-order valence-electron chi connectivity index (χ4n) is 1.69. The second-order valence-corrected chi connectivity index (χ2v) is 5.92. The van der Waals surface area contributed by atoms with Crippen LogP contribution in [0.1, 0.15) is 20.1 Å². The van der Waals surface area contributed by atoms with Gasteiger partial charge in [-0.2, -0.15) is 0 Å². The minimum absolute atomic E-state index is 0.0317. The highest BCUT2D eigenvalue weighted by molar-refractivity contribution is 7.11. The van der Waals surface area contributed by atoms with E-state index in [1.165, 1.54) is 18.2 Å². The number of nitrogens with one attached hydrogen (secondary N) is 1. The Kier molecular flexibility index (Phi) is 4.36. The number of carbonyl (C=O) groups excluding carboxylic acids is 1. The first-order valence-electron chi connectivity index (χ1n) is 5.75. The van der Waals surface area contributed by atoms with Gasteiger partial charge in [0.15, 0.2) is 0 Å². The van der Waals surface area contributed by atoms with Crippen molar-refractivity contribution in [2.45, 2.75) is 13.5 Å². The van der Waals surface area contributed by atoms with Crippen LogP contribution in [0.2, 0.25) is 5.02 Å². The zero-order valence-corrected chi connectivity index (χ0v) is 12.1. The van der Waals surface area contributed by atoms with Gasteiger partial charge in [0.1, 0.15) is 5.56 Å². The third-order valence-corrected chi connectivity index (χ3v) is 3.85. The molecule has 1 N–H and O–H groups in total. The van der Waals surface area contributed by atoms with Gasteiger partial charge in [-0.1, -0.05) is 11.6 Å². The quantitative estimate of drug-likeness (QED) is 0.693. The lowest BCUT2D eigenvalue weighted by molar-refractivity contribution is -0.385. The Morgan fingerprint density at radius 3 is 2.75 bits per heavy atom. The number of hydrogen-bond donors (Lipinski definition) is 1. The SMILES string of the molecule is Cc1ccc(CNC(=O)c2cc(Cl)ccc2[N+](=O)[O-])s1. The molecule has 1 aromatic carbocycles. The zero-order chi connectivity index (χ0) is 14.7. The second-order valence-electron chi connectivity index (χ2n) is 4.11. The molecule has 20 heavy (non-hydrogen) atoms. The van der Waals surface area contributed by atoms with E-state index in [1.54, 1.807) is 11.3 Å². The molecule has 0 aliphatic carbocycles. The molecule has 7 heteroatoms.